The second kappa shape index (κ2) is 7.59. The molecule has 2 amide bonds. The van der Waals surface area contributed by atoms with E-state index in [1.807, 2.05) is 67.6 Å². The van der Waals surface area contributed by atoms with Gasteiger partial charge in [0.2, 0.25) is 10.8 Å². The third-order valence-electron chi connectivity index (χ3n) is 5.76. The number of thioether (sulfide) groups is 1. The van der Waals surface area contributed by atoms with E-state index in [9.17, 15) is 9.59 Å². The highest BCUT2D eigenvalue weighted by atomic mass is 35.5. The molecule has 31 heavy (non-hydrogen) atoms. The molecule has 0 radical (unpaired) electrons. The van der Waals surface area contributed by atoms with Gasteiger partial charge in [-0.2, -0.15) is 0 Å². The number of para-hydroxylation sites is 1. The van der Waals surface area contributed by atoms with Crippen LogP contribution in [0.4, 0.5) is 11.4 Å². The van der Waals surface area contributed by atoms with E-state index in [0.29, 0.717) is 22.3 Å². The summed E-state index contributed by atoms with van der Waals surface area (Å²) in [5.74, 6) is -0.0558. The number of carbonyl (C=O) groups is 2. The molecule has 7 heteroatoms. The lowest BCUT2D eigenvalue weighted by atomic mass is 10.0. The number of hydrogen-bond donors (Lipinski definition) is 0. The molecule has 0 bridgehead atoms. The Kier molecular flexibility index (Phi) is 5.00. The molecule has 1 fully saturated rings. The smallest absolute Gasteiger partial charge is 0.269 e. The molecule has 3 aromatic rings. The van der Waals surface area contributed by atoms with Crippen LogP contribution in [0.2, 0.25) is 10.0 Å². The molecule has 0 N–H and O–H groups in total. The first-order valence-electron chi connectivity index (χ1n) is 9.81. The molecule has 3 aromatic carbocycles. The van der Waals surface area contributed by atoms with Gasteiger partial charge in [0.05, 0.1) is 18.0 Å². The first-order chi connectivity index (χ1) is 14.9. The van der Waals surface area contributed by atoms with E-state index in [1.165, 1.54) is 11.8 Å². The molecule has 1 saturated heterocycles. The normalized spacial score (nSPS) is 20.1. The van der Waals surface area contributed by atoms with Crippen molar-refractivity contribution in [2.75, 3.05) is 15.6 Å². The number of anilines is 2. The van der Waals surface area contributed by atoms with E-state index < -0.39 is 4.87 Å². The third-order valence-corrected chi connectivity index (χ3v) is 7.93. The Labute approximate surface area is 194 Å². The molecule has 0 unspecified atom stereocenters. The molecule has 156 valence electrons. The quantitative estimate of drug-likeness (QED) is 0.488. The Morgan fingerprint density at radius 1 is 0.968 bits per heavy atom. The van der Waals surface area contributed by atoms with Gasteiger partial charge < -0.3 is 4.90 Å². The summed E-state index contributed by atoms with van der Waals surface area (Å²) in [4.78, 5) is 29.3. The van der Waals surface area contributed by atoms with Gasteiger partial charge in [0.1, 0.15) is 0 Å². The molecule has 2 aliphatic rings. The van der Waals surface area contributed by atoms with E-state index in [0.717, 1.165) is 22.4 Å². The van der Waals surface area contributed by atoms with Crippen LogP contribution in [0.25, 0.3) is 0 Å². The van der Waals surface area contributed by atoms with Crippen molar-refractivity contribution in [1.29, 1.82) is 0 Å². The standard InChI is InChI=1S/C24H18Cl2N2O2S/c1-15-10-11-17(12-20(15)26)28-22(29)14-31-24(28)18-7-3-5-9-21(18)27(23(24)30)13-16-6-2-4-8-19(16)25/h2-12H,13-14H2,1H3/t24-/m1/s1. The molecule has 0 aliphatic carbocycles. The van der Waals surface area contributed by atoms with Crippen molar-refractivity contribution in [3.8, 4) is 0 Å². The fourth-order valence-corrected chi connectivity index (χ4v) is 5.96. The predicted octanol–water partition coefficient (Wildman–Crippen LogP) is 5.78. The Morgan fingerprint density at radius 2 is 1.71 bits per heavy atom. The minimum atomic E-state index is -1.16. The van der Waals surface area contributed by atoms with Gasteiger partial charge in [-0.1, -0.05) is 65.7 Å². The molecule has 4 nitrogen and oxygen atoms in total. The van der Waals surface area contributed by atoms with Gasteiger partial charge in [-0.25, -0.2) is 0 Å². The Morgan fingerprint density at radius 3 is 2.48 bits per heavy atom. The first kappa shape index (κ1) is 20.4. The molecular formula is C24H18Cl2N2O2S. The van der Waals surface area contributed by atoms with Crippen LogP contribution in [0.5, 0.6) is 0 Å². The molecule has 1 atom stereocenters. The largest absolute Gasteiger partial charge is 0.304 e. The van der Waals surface area contributed by atoms with Crippen LogP contribution in [0.15, 0.2) is 66.7 Å². The van der Waals surface area contributed by atoms with E-state index in [4.69, 9.17) is 23.2 Å². The summed E-state index contributed by atoms with van der Waals surface area (Å²) in [6, 6.07) is 20.6. The number of halogens is 2. The summed E-state index contributed by atoms with van der Waals surface area (Å²) in [5, 5.41) is 1.16. The van der Waals surface area contributed by atoms with E-state index in [-0.39, 0.29) is 17.6 Å². The average Bonchev–Trinajstić information content (AvgIpc) is 3.23. The van der Waals surface area contributed by atoms with Crippen LogP contribution in [0, 0.1) is 6.92 Å². The second-order valence-corrected chi connectivity index (χ2v) is 9.58. The summed E-state index contributed by atoms with van der Waals surface area (Å²) in [5.41, 5.74) is 3.98. The lowest BCUT2D eigenvalue weighted by Crippen LogP contribution is -2.49. The topological polar surface area (TPSA) is 40.6 Å². The Hall–Kier alpha value is -2.47. The average molecular weight is 469 g/mol. The van der Waals surface area contributed by atoms with Crippen molar-refractivity contribution in [2.45, 2.75) is 18.3 Å². The summed E-state index contributed by atoms with van der Waals surface area (Å²) >= 11 is 14.1. The molecule has 2 aliphatic heterocycles. The minimum Gasteiger partial charge on any atom is -0.304 e. The van der Waals surface area contributed by atoms with Crippen LogP contribution in [-0.2, 0) is 21.0 Å². The maximum absolute atomic E-state index is 14.0. The van der Waals surface area contributed by atoms with Gasteiger partial charge in [0.15, 0.2) is 0 Å². The molecule has 1 spiro atoms. The summed E-state index contributed by atoms with van der Waals surface area (Å²) in [6.45, 7) is 2.23. The molecular weight excluding hydrogens is 451 g/mol. The third kappa shape index (κ3) is 3.06. The van der Waals surface area contributed by atoms with Crippen molar-refractivity contribution < 1.29 is 9.59 Å². The van der Waals surface area contributed by atoms with Gasteiger partial charge >= 0.3 is 0 Å². The highest BCUT2D eigenvalue weighted by molar-refractivity contribution is 8.02. The lowest BCUT2D eigenvalue weighted by molar-refractivity contribution is -0.123. The van der Waals surface area contributed by atoms with Gasteiger partial charge in [0, 0.05) is 21.3 Å². The lowest BCUT2D eigenvalue weighted by Gasteiger charge is -2.33. The van der Waals surface area contributed by atoms with Crippen LogP contribution < -0.4 is 9.80 Å². The molecule has 5 rings (SSSR count). The zero-order valence-corrected chi connectivity index (χ0v) is 19.0. The zero-order valence-electron chi connectivity index (χ0n) is 16.6. The van der Waals surface area contributed by atoms with Crippen molar-refractivity contribution in [1.82, 2.24) is 0 Å². The summed E-state index contributed by atoms with van der Waals surface area (Å²) < 4.78 is 0. The maximum Gasteiger partial charge on any atom is 0.269 e. The highest BCUT2D eigenvalue weighted by Crippen LogP contribution is 2.56. The van der Waals surface area contributed by atoms with Crippen molar-refractivity contribution in [3.63, 3.8) is 0 Å². The maximum atomic E-state index is 14.0. The Balaban J connectivity index is 1.66. The van der Waals surface area contributed by atoms with Crippen LogP contribution in [0.3, 0.4) is 0 Å². The fourth-order valence-electron chi connectivity index (χ4n) is 4.23. The number of benzene rings is 3. The fraction of sp³-hybridized carbons (Fsp3) is 0.167. The van der Waals surface area contributed by atoms with Gasteiger partial charge in [-0.05, 0) is 42.3 Å². The van der Waals surface area contributed by atoms with Crippen molar-refractivity contribution in [2.24, 2.45) is 0 Å². The monoisotopic (exact) mass is 468 g/mol. The number of fused-ring (bicyclic) bond motifs is 2. The van der Waals surface area contributed by atoms with Crippen molar-refractivity contribution in [3.05, 3.63) is 93.5 Å². The zero-order chi connectivity index (χ0) is 21.8. The number of aryl methyl sites for hydroxylation is 1. The summed E-state index contributed by atoms with van der Waals surface area (Å²) in [7, 11) is 0. The van der Waals surface area contributed by atoms with Crippen molar-refractivity contribution >= 4 is 58.2 Å². The van der Waals surface area contributed by atoms with Crippen LogP contribution in [-0.4, -0.2) is 17.6 Å². The first-order valence-corrected chi connectivity index (χ1v) is 11.6. The predicted molar refractivity (Wildman–Crippen MR) is 127 cm³/mol. The van der Waals surface area contributed by atoms with Gasteiger partial charge in [0.25, 0.3) is 5.91 Å². The molecule has 0 saturated carbocycles. The SMILES string of the molecule is Cc1ccc(N2C(=O)CS[C@]23C(=O)N(Cc2ccccc2Cl)c2ccccc23)cc1Cl. The van der Waals surface area contributed by atoms with E-state index in [2.05, 4.69) is 0 Å². The number of nitrogens with zero attached hydrogens (tertiary/aromatic N) is 2. The summed E-state index contributed by atoms with van der Waals surface area (Å²) in [6.07, 6.45) is 0. The number of hydrogen-bond acceptors (Lipinski definition) is 3. The number of rotatable bonds is 3. The Bertz CT molecular complexity index is 1230. The highest BCUT2D eigenvalue weighted by Gasteiger charge is 2.60. The van der Waals surface area contributed by atoms with E-state index >= 15 is 0 Å². The van der Waals surface area contributed by atoms with E-state index in [1.54, 1.807) is 15.9 Å². The number of amides is 2. The van der Waals surface area contributed by atoms with Crippen LogP contribution >= 0.6 is 35.0 Å². The van der Waals surface area contributed by atoms with Gasteiger partial charge in [-0.15, -0.1) is 11.8 Å². The van der Waals surface area contributed by atoms with Gasteiger partial charge in [-0.3, -0.25) is 14.5 Å². The molecule has 2 heterocycles. The molecule has 0 aromatic heterocycles. The number of carbonyl (C=O) groups excluding carboxylic acids is 2. The minimum absolute atomic E-state index is 0.118. The van der Waals surface area contributed by atoms with Crippen LogP contribution in [0.1, 0.15) is 16.7 Å². The second-order valence-electron chi connectivity index (χ2n) is 7.60.